The molecule has 1 aliphatic carbocycles. The Morgan fingerprint density at radius 1 is 1.41 bits per heavy atom. The highest BCUT2D eigenvalue weighted by Gasteiger charge is 2.30. The van der Waals surface area contributed by atoms with Gasteiger partial charge in [-0.25, -0.2) is 4.98 Å². The molecule has 0 aliphatic heterocycles. The number of rotatable bonds is 1. The van der Waals surface area contributed by atoms with E-state index in [0.717, 1.165) is 0 Å². The van der Waals surface area contributed by atoms with Crippen LogP contribution in [0.4, 0.5) is 5.69 Å². The third-order valence-electron chi connectivity index (χ3n) is 3.74. The van der Waals surface area contributed by atoms with Gasteiger partial charge in [-0.2, -0.15) is 0 Å². The van der Waals surface area contributed by atoms with E-state index in [4.69, 9.17) is 11.2 Å². The van der Waals surface area contributed by atoms with Crippen LogP contribution in [0.5, 0.6) is 0 Å². The number of nitrogen functional groups attached to an aromatic ring is 1. The number of carbonyl (C=O) groups excluding carboxylic acids is 2. The van der Waals surface area contributed by atoms with Gasteiger partial charge in [-0.15, -0.1) is 0 Å². The third kappa shape index (κ3) is 2.20. The second-order valence-electron chi connectivity index (χ2n) is 5.41. The first-order valence-electron chi connectivity index (χ1n) is 8.84. The molecule has 1 aromatic heterocycles. The van der Waals surface area contributed by atoms with Crippen LogP contribution in [0.2, 0.25) is 0 Å². The predicted molar refractivity (Wildman–Crippen MR) is 82.8 cm³/mol. The minimum absolute atomic E-state index is 0.0417. The summed E-state index contributed by atoms with van der Waals surface area (Å²) in [5, 5.41) is -0.0417. The van der Waals surface area contributed by atoms with Gasteiger partial charge in [0.1, 0.15) is 11.6 Å². The van der Waals surface area contributed by atoms with Gasteiger partial charge in [-0.1, -0.05) is 0 Å². The van der Waals surface area contributed by atoms with Crippen LogP contribution < -0.4 is 11.3 Å². The van der Waals surface area contributed by atoms with Crippen LogP contribution in [0.1, 0.15) is 42.2 Å². The number of aromatic nitrogens is 2. The van der Waals surface area contributed by atoms with Crippen molar-refractivity contribution in [3.63, 3.8) is 0 Å². The Morgan fingerprint density at radius 2 is 2.18 bits per heavy atom. The summed E-state index contributed by atoms with van der Waals surface area (Å²) in [6.45, 7) is -1.11. The number of hydrogen-bond donors (Lipinski definition) is 1. The fourth-order valence-electron chi connectivity index (χ4n) is 2.74. The van der Waals surface area contributed by atoms with Crippen molar-refractivity contribution < 1.29 is 15.1 Å². The number of nitrogens with two attached hydrogens (primary N) is 1. The lowest BCUT2D eigenvalue weighted by atomic mass is 9.92. The number of nitrogens with zero attached hydrogens (tertiary/aromatic N) is 2. The lowest BCUT2D eigenvalue weighted by Gasteiger charge is -2.24. The Balaban J connectivity index is 2.44. The van der Waals surface area contributed by atoms with Crippen molar-refractivity contribution in [2.45, 2.75) is 39.1 Å². The Labute approximate surface area is 132 Å². The standard InChI is InChI=1S/C16H17N3O3/c1-8-5-11(17)15-12(6-8)18-9(2)19(16(15)22)13-4-3-10(20)7-14(13)21/h5-6,13H,3-4,7,17H2,1-2H3/t13-/m0/s1/i2D3,13D. The van der Waals surface area contributed by atoms with Crippen LogP contribution >= 0.6 is 0 Å². The van der Waals surface area contributed by atoms with Gasteiger partial charge in [0.05, 0.1) is 24.7 Å². The number of Topliss-reactive ketones (excluding diaryl/α,β-unsaturated/α-hetero) is 2. The molecule has 1 aliphatic rings. The van der Waals surface area contributed by atoms with Gasteiger partial charge in [0.2, 0.25) is 0 Å². The normalized spacial score (nSPS) is 25.5. The monoisotopic (exact) mass is 303 g/mol. The number of carbonyl (C=O) groups is 2. The maximum absolute atomic E-state index is 13.1. The van der Waals surface area contributed by atoms with E-state index in [9.17, 15) is 14.4 Å². The smallest absolute Gasteiger partial charge is 0.264 e. The highest BCUT2D eigenvalue weighted by Crippen LogP contribution is 2.25. The van der Waals surface area contributed by atoms with Gasteiger partial charge in [0, 0.05) is 16.2 Å². The Morgan fingerprint density at radius 3 is 2.86 bits per heavy atom. The predicted octanol–water partition coefficient (Wildman–Crippen LogP) is 1.46. The zero-order valence-corrected chi connectivity index (χ0v) is 12.0. The molecule has 0 spiro atoms. The topological polar surface area (TPSA) is 95.0 Å². The molecular weight excluding hydrogens is 282 g/mol. The lowest BCUT2D eigenvalue weighted by Crippen LogP contribution is -2.36. The summed E-state index contributed by atoms with van der Waals surface area (Å²) < 4.78 is 32.3. The third-order valence-corrected chi connectivity index (χ3v) is 3.74. The minimum atomic E-state index is -2.83. The van der Waals surface area contributed by atoms with Crippen LogP contribution in [0.25, 0.3) is 10.9 Å². The van der Waals surface area contributed by atoms with E-state index in [0.29, 0.717) is 10.1 Å². The van der Waals surface area contributed by atoms with Gasteiger partial charge in [-0.3, -0.25) is 19.0 Å². The van der Waals surface area contributed by atoms with Crippen LogP contribution in [0, 0.1) is 13.8 Å². The molecule has 0 saturated heterocycles. The SMILES string of the molecule is [2H]C([2H])([2H])c1nc2cc(C)cc(N)c2c(=O)n1[C@@]1([2H])CCC(=O)CC1=O. The van der Waals surface area contributed by atoms with E-state index in [1.165, 1.54) is 12.1 Å². The summed E-state index contributed by atoms with van der Waals surface area (Å²) in [7, 11) is 0. The number of benzene rings is 1. The molecule has 0 radical (unpaired) electrons. The van der Waals surface area contributed by atoms with Crippen LogP contribution in [-0.4, -0.2) is 21.1 Å². The van der Waals surface area contributed by atoms with Crippen molar-refractivity contribution >= 4 is 28.2 Å². The van der Waals surface area contributed by atoms with Crippen molar-refractivity contribution in [2.24, 2.45) is 0 Å². The fraction of sp³-hybridized carbons (Fsp3) is 0.375. The van der Waals surface area contributed by atoms with Crippen molar-refractivity contribution in [3.05, 3.63) is 33.9 Å². The summed E-state index contributed by atoms with van der Waals surface area (Å²) in [6.07, 6.45) is -0.895. The zero-order chi connectivity index (χ0) is 19.4. The van der Waals surface area contributed by atoms with E-state index < -0.39 is 36.5 Å². The molecule has 1 atom stereocenters. The molecule has 6 nitrogen and oxygen atoms in total. The highest BCUT2D eigenvalue weighted by atomic mass is 16.2. The van der Waals surface area contributed by atoms with Crippen LogP contribution in [0.3, 0.4) is 0 Å². The Bertz CT molecular complexity index is 1010. The summed E-state index contributed by atoms with van der Waals surface area (Å²) in [6, 6.07) is 0.857. The molecule has 1 heterocycles. The summed E-state index contributed by atoms with van der Waals surface area (Å²) in [5.41, 5.74) is 5.93. The number of ketones is 2. The molecule has 0 bridgehead atoms. The van der Waals surface area contributed by atoms with Gasteiger partial charge < -0.3 is 5.73 Å². The van der Waals surface area contributed by atoms with E-state index in [1.807, 2.05) is 0 Å². The first kappa shape index (κ1) is 10.3. The van der Waals surface area contributed by atoms with Crippen LogP contribution in [-0.2, 0) is 9.59 Å². The average Bonchev–Trinajstić information content (AvgIpc) is 2.49. The fourth-order valence-corrected chi connectivity index (χ4v) is 2.74. The van der Waals surface area contributed by atoms with Crippen molar-refractivity contribution in [1.29, 1.82) is 0 Å². The number of anilines is 1. The number of fused-ring (bicyclic) bond motifs is 1. The second-order valence-corrected chi connectivity index (χ2v) is 5.41. The summed E-state index contributed by atoms with van der Waals surface area (Å²) in [5.74, 6) is -1.82. The average molecular weight is 303 g/mol. The molecule has 22 heavy (non-hydrogen) atoms. The van der Waals surface area contributed by atoms with Gasteiger partial charge in [0.25, 0.3) is 5.56 Å². The maximum Gasteiger partial charge on any atom is 0.264 e. The van der Waals surface area contributed by atoms with E-state index >= 15 is 0 Å². The molecular formula is C16H17N3O3. The van der Waals surface area contributed by atoms with Crippen LogP contribution in [0.15, 0.2) is 16.9 Å². The first-order valence-corrected chi connectivity index (χ1v) is 6.84. The molecule has 6 heteroatoms. The van der Waals surface area contributed by atoms with E-state index in [1.54, 1.807) is 6.92 Å². The van der Waals surface area contributed by atoms with E-state index in [-0.39, 0.29) is 35.2 Å². The van der Waals surface area contributed by atoms with Crippen molar-refractivity contribution in [2.75, 3.05) is 5.73 Å². The minimum Gasteiger partial charge on any atom is -0.398 e. The van der Waals surface area contributed by atoms with Gasteiger partial charge in [-0.05, 0) is 37.9 Å². The van der Waals surface area contributed by atoms with E-state index in [2.05, 4.69) is 4.98 Å². The largest absolute Gasteiger partial charge is 0.398 e. The molecule has 0 amide bonds. The maximum atomic E-state index is 13.1. The highest BCUT2D eigenvalue weighted by molar-refractivity contribution is 6.03. The summed E-state index contributed by atoms with van der Waals surface area (Å²) in [4.78, 5) is 41.1. The zero-order valence-electron chi connectivity index (χ0n) is 16.0. The molecule has 1 fully saturated rings. The molecule has 2 aromatic rings. The van der Waals surface area contributed by atoms with Crippen molar-refractivity contribution in [1.82, 2.24) is 9.55 Å². The molecule has 0 unspecified atom stereocenters. The first-order chi connectivity index (χ1) is 11.9. The van der Waals surface area contributed by atoms with Gasteiger partial charge in [0.15, 0.2) is 5.78 Å². The summed E-state index contributed by atoms with van der Waals surface area (Å²) >= 11 is 0. The molecule has 114 valence electrons. The molecule has 1 saturated carbocycles. The Kier molecular flexibility index (Phi) is 2.36. The quantitative estimate of drug-likeness (QED) is 0.635. The van der Waals surface area contributed by atoms with Crippen molar-refractivity contribution in [3.8, 4) is 0 Å². The molecule has 1 aromatic carbocycles. The molecule has 2 N–H and O–H groups in total. The number of hydrogen-bond acceptors (Lipinski definition) is 5. The van der Waals surface area contributed by atoms with Gasteiger partial charge >= 0.3 is 0 Å². The lowest BCUT2D eigenvalue weighted by molar-refractivity contribution is -0.132. The Hall–Kier alpha value is -2.50. The molecule has 3 rings (SSSR count). The second kappa shape index (κ2) is 5.05. The number of aryl methyl sites for hydroxylation is 2.